The van der Waals surface area contributed by atoms with Crippen molar-refractivity contribution in [1.29, 1.82) is 0 Å². The van der Waals surface area contributed by atoms with E-state index in [1.807, 2.05) is 18.9 Å². The average Bonchev–Trinajstić information content (AvgIpc) is 2.15. The quantitative estimate of drug-likeness (QED) is 0.801. The van der Waals surface area contributed by atoms with E-state index in [9.17, 15) is 4.79 Å². The zero-order valence-electron chi connectivity index (χ0n) is 10.7. The Morgan fingerprint density at radius 3 is 2.25 bits per heavy atom. The molecule has 1 atom stereocenters. The minimum absolute atomic E-state index is 0.0718. The van der Waals surface area contributed by atoms with E-state index in [4.69, 9.17) is 5.73 Å². The van der Waals surface area contributed by atoms with Crippen LogP contribution in [0.15, 0.2) is 0 Å². The smallest absolute Gasteiger partial charge is 0.225 e. The molecule has 94 valence electrons. The molecule has 1 unspecified atom stereocenters. The van der Waals surface area contributed by atoms with Crippen LogP contribution >= 0.6 is 0 Å². The lowest BCUT2D eigenvalue weighted by Crippen LogP contribution is -2.40. The summed E-state index contributed by atoms with van der Waals surface area (Å²) in [6.45, 7) is 2.62. The summed E-state index contributed by atoms with van der Waals surface area (Å²) in [4.78, 5) is 14.0. The third-order valence-electron chi connectivity index (χ3n) is 3.39. The summed E-state index contributed by atoms with van der Waals surface area (Å²) in [7, 11) is 1.88. The maximum atomic E-state index is 12.2. The third kappa shape index (κ3) is 4.52. The molecule has 1 amide bonds. The molecule has 3 heteroatoms. The van der Waals surface area contributed by atoms with E-state index in [-0.39, 0.29) is 12.0 Å². The van der Waals surface area contributed by atoms with E-state index >= 15 is 0 Å². The van der Waals surface area contributed by atoms with E-state index in [0.717, 1.165) is 12.8 Å². The van der Waals surface area contributed by atoms with Gasteiger partial charge in [-0.3, -0.25) is 4.79 Å². The second-order valence-electron chi connectivity index (χ2n) is 5.24. The molecule has 1 aliphatic carbocycles. The predicted octanol–water partition coefficient (Wildman–Crippen LogP) is 2.15. The Morgan fingerprint density at radius 2 is 1.75 bits per heavy atom. The fourth-order valence-electron chi connectivity index (χ4n) is 2.54. The van der Waals surface area contributed by atoms with E-state index < -0.39 is 0 Å². The molecule has 1 rings (SSSR count). The third-order valence-corrected chi connectivity index (χ3v) is 3.39. The zero-order chi connectivity index (χ0) is 12.0. The molecule has 0 saturated heterocycles. The minimum atomic E-state index is 0.0718. The van der Waals surface area contributed by atoms with Gasteiger partial charge in [0, 0.05) is 25.6 Å². The highest BCUT2D eigenvalue weighted by atomic mass is 16.2. The van der Waals surface area contributed by atoms with Gasteiger partial charge in [0.25, 0.3) is 0 Å². The first-order valence-corrected chi connectivity index (χ1v) is 6.62. The number of carbonyl (C=O) groups excluding carboxylic acids is 1. The number of nitrogens with zero attached hydrogens (tertiary/aromatic N) is 1. The first-order chi connectivity index (χ1) is 7.61. The van der Waals surface area contributed by atoms with Crippen molar-refractivity contribution in [2.45, 2.75) is 57.9 Å². The molecule has 0 aromatic carbocycles. The number of carbonyl (C=O) groups is 1. The summed E-state index contributed by atoms with van der Waals surface area (Å²) in [5, 5.41) is 0. The maximum absolute atomic E-state index is 12.2. The van der Waals surface area contributed by atoms with Gasteiger partial charge in [-0.1, -0.05) is 32.1 Å². The topological polar surface area (TPSA) is 46.3 Å². The molecule has 0 aromatic heterocycles. The molecule has 3 nitrogen and oxygen atoms in total. The summed E-state index contributed by atoms with van der Waals surface area (Å²) in [6, 6.07) is 0.0718. The molecular weight excluding hydrogens is 200 g/mol. The van der Waals surface area contributed by atoms with E-state index in [1.54, 1.807) is 0 Å². The fraction of sp³-hybridized carbons (Fsp3) is 0.923. The summed E-state index contributed by atoms with van der Waals surface area (Å²) in [5.74, 6) is 0.559. The van der Waals surface area contributed by atoms with E-state index in [1.165, 1.54) is 32.1 Å². The monoisotopic (exact) mass is 226 g/mol. The number of likely N-dealkylation sites (N-methyl/N-ethyl adjacent to an activating group) is 1. The highest BCUT2D eigenvalue weighted by Gasteiger charge is 2.22. The van der Waals surface area contributed by atoms with Crippen molar-refractivity contribution in [2.24, 2.45) is 11.7 Å². The molecule has 1 fully saturated rings. The summed E-state index contributed by atoms with van der Waals surface area (Å²) < 4.78 is 0. The van der Waals surface area contributed by atoms with Crippen LogP contribution in [-0.2, 0) is 4.79 Å². The number of hydrogen-bond acceptors (Lipinski definition) is 2. The van der Waals surface area contributed by atoms with E-state index in [0.29, 0.717) is 12.5 Å². The Labute approximate surface area is 99.4 Å². The van der Waals surface area contributed by atoms with Gasteiger partial charge in [0.1, 0.15) is 0 Å². The van der Waals surface area contributed by atoms with Crippen LogP contribution in [0.2, 0.25) is 0 Å². The van der Waals surface area contributed by atoms with Crippen molar-refractivity contribution >= 4 is 5.91 Å². The highest BCUT2D eigenvalue weighted by Crippen LogP contribution is 2.23. The van der Waals surface area contributed by atoms with Gasteiger partial charge in [-0.15, -0.1) is 0 Å². The van der Waals surface area contributed by atoms with Crippen LogP contribution in [0.3, 0.4) is 0 Å². The maximum Gasteiger partial charge on any atom is 0.225 e. The van der Waals surface area contributed by atoms with Gasteiger partial charge in [-0.05, 0) is 19.8 Å². The van der Waals surface area contributed by atoms with Crippen LogP contribution < -0.4 is 5.73 Å². The normalized spacial score (nSPS) is 20.9. The molecule has 0 aliphatic heterocycles. The Morgan fingerprint density at radius 1 is 1.25 bits per heavy atom. The van der Waals surface area contributed by atoms with Gasteiger partial charge in [-0.2, -0.15) is 0 Å². The number of nitrogens with two attached hydrogens (primary N) is 1. The Bertz CT molecular complexity index is 208. The summed E-state index contributed by atoms with van der Waals surface area (Å²) in [5.41, 5.74) is 5.72. The lowest BCUT2D eigenvalue weighted by Gasteiger charge is -2.26. The second kappa shape index (κ2) is 6.89. The lowest BCUT2D eigenvalue weighted by molar-refractivity contribution is -0.135. The molecule has 0 aromatic rings. The molecule has 16 heavy (non-hydrogen) atoms. The summed E-state index contributed by atoms with van der Waals surface area (Å²) in [6.07, 6.45) is 8.49. The van der Waals surface area contributed by atoms with Crippen molar-refractivity contribution in [3.05, 3.63) is 0 Å². The number of rotatable bonds is 3. The Balaban J connectivity index is 2.43. The van der Waals surface area contributed by atoms with Gasteiger partial charge in [0.2, 0.25) is 5.91 Å². The minimum Gasteiger partial charge on any atom is -0.344 e. The van der Waals surface area contributed by atoms with Crippen molar-refractivity contribution in [3.63, 3.8) is 0 Å². The van der Waals surface area contributed by atoms with Gasteiger partial charge in [0.05, 0.1) is 0 Å². The van der Waals surface area contributed by atoms with Gasteiger partial charge >= 0.3 is 0 Å². The van der Waals surface area contributed by atoms with E-state index in [2.05, 4.69) is 0 Å². The van der Waals surface area contributed by atoms with Crippen LogP contribution in [0.1, 0.15) is 51.9 Å². The molecular formula is C13H26N2O. The SMILES string of the molecule is CC(N)CN(C)C(=O)C1CCCCCCC1. The van der Waals surface area contributed by atoms with Crippen LogP contribution in [0, 0.1) is 5.92 Å². The largest absolute Gasteiger partial charge is 0.344 e. The second-order valence-corrected chi connectivity index (χ2v) is 5.24. The van der Waals surface area contributed by atoms with Crippen LogP contribution in [0.25, 0.3) is 0 Å². The molecule has 0 spiro atoms. The Hall–Kier alpha value is -0.570. The predicted molar refractivity (Wildman–Crippen MR) is 67.1 cm³/mol. The van der Waals surface area contributed by atoms with Crippen molar-refractivity contribution in [1.82, 2.24) is 4.90 Å². The first-order valence-electron chi connectivity index (χ1n) is 6.62. The van der Waals surface area contributed by atoms with Gasteiger partial charge in [-0.25, -0.2) is 0 Å². The fourth-order valence-corrected chi connectivity index (χ4v) is 2.54. The van der Waals surface area contributed by atoms with Crippen LogP contribution in [0.5, 0.6) is 0 Å². The van der Waals surface area contributed by atoms with Crippen molar-refractivity contribution in [2.75, 3.05) is 13.6 Å². The number of amides is 1. The van der Waals surface area contributed by atoms with Crippen molar-refractivity contribution < 1.29 is 4.79 Å². The molecule has 1 saturated carbocycles. The van der Waals surface area contributed by atoms with Gasteiger partial charge in [0.15, 0.2) is 0 Å². The molecule has 0 bridgehead atoms. The lowest BCUT2D eigenvalue weighted by atomic mass is 9.90. The first kappa shape index (κ1) is 13.5. The molecule has 0 heterocycles. The molecule has 1 aliphatic rings. The molecule has 2 N–H and O–H groups in total. The summed E-state index contributed by atoms with van der Waals surface area (Å²) >= 11 is 0. The Kier molecular flexibility index (Phi) is 5.81. The van der Waals surface area contributed by atoms with Crippen LogP contribution in [0.4, 0.5) is 0 Å². The average molecular weight is 226 g/mol. The molecule has 0 radical (unpaired) electrons. The van der Waals surface area contributed by atoms with Crippen molar-refractivity contribution in [3.8, 4) is 0 Å². The zero-order valence-corrected chi connectivity index (χ0v) is 10.7. The van der Waals surface area contributed by atoms with Gasteiger partial charge < -0.3 is 10.6 Å². The highest BCUT2D eigenvalue weighted by molar-refractivity contribution is 5.78. The van der Waals surface area contributed by atoms with Crippen LogP contribution in [-0.4, -0.2) is 30.4 Å². The standard InChI is InChI=1S/C13H26N2O/c1-11(14)10-15(2)13(16)12-8-6-4-3-5-7-9-12/h11-12H,3-10,14H2,1-2H3. The number of hydrogen-bond donors (Lipinski definition) is 1.